The predicted molar refractivity (Wildman–Crippen MR) is 64.3 cm³/mol. The normalized spacial score (nSPS) is 24.4. The van der Waals surface area contributed by atoms with Crippen molar-refractivity contribution in [2.24, 2.45) is 0 Å². The van der Waals surface area contributed by atoms with Crippen LogP contribution in [0.15, 0.2) is 0 Å². The van der Waals surface area contributed by atoms with Crippen LogP contribution in [0, 0.1) is 0 Å². The second-order valence-electron chi connectivity index (χ2n) is 5.40. The summed E-state index contributed by atoms with van der Waals surface area (Å²) in [5.41, 5.74) is -0.0650. The number of ether oxygens (including phenoxy) is 1. The highest BCUT2D eigenvalue weighted by molar-refractivity contribution is 5.78. The van der Waals surface area contributed by atoms with E-state index in [1.54, 1.807) is 0 Å². The molecule has 1 saturated heterocycles. The Labute approximate surface area is 98.1 Å². The number of amides is 1. The number of nitrogens with one attached hydrogen (secondary N) is 2. The topological polar surface area (TPSA) is 50.4 Å². The SMILES string of the molecule is CC(C)NC(=O)CNC1CCOC(C)(C)C1. The first-order chi connectivity index (χ1) is 7.39. The van der Waals surface area contributed by atoms with E-state index in [1.165, 1.54) is 0 Å². The van der Waals surface area contributed by atoms with Gasteiger partial charge >= 0.3 is 0 Å². The first-order valence-electron chi connectivity index (χ1n) is 6.06. The van der Waals surface area contributed by atoms with E-state index in [9.17, 15) is 4.79 Å². The molecule has 1 atom stereocenters. The van der Waals surface area contributed by atoms with Crippen molar-refractivity contribution in [3.05, 3.63) is 0 Å². The minimum absolute atomic E-state index is 0.0650. The van der Waals surface area contributed by atoms with Gasteiger partial charge in [0, 0.05) is 18.7 Å². The monoisotopic (exact) mass is 228 g/mol. The third-order valence-corrected chi connectivity index (χ3v) is 2.70. The lowest BCUT2D eigenvalue weighted by Gasteiger charge is -2.35. The number of hydrogen-bond donors (Lipinski definition) is 2. The summed E-state index contributed by atoms with van der Waals surface area (Å²) < 4.78 is 5.63. The Morgan fingerprint density at radius 2 is 2.19 bits per heavy atom. The van der Waals surface area contributed by atoms with E-state index in [2.05, 4.69) is 24.5 Å². The molecule has 16 heavy (non-hydrogen) atoms. The molecule has 0 saturated carbocycles. The molecule has 0 bridgehead atoms. The molecule has 4 heteroatoms. The molecule has 0 aromatic heterocycles. The van der Waals surface area contributed by atoms with E-state index in [0.717, 1.165) is 19.4 Å². The highest BCUT2D eigenvalue weighted by Crippen LogP contribution is 2.23. The van der Waals surface area contributed by atoms with Crippen molar-refractivity contribution in [3.8, 4) is 0 Å². The zero-order chi connectivity index (χ0) is 12.2. The maximum Gasteiger partial charge on any atom is 0.234 e. The summed E-state index contributed by atoms with van der Waals surface area (Å²) in [4.78, 5) is 11.5. The van der Waals surface area contributed by atoms with E-state index in [-0.39, 0.29) is 17.6 Å². The molecule has 0 aromatic rings. The van der Waals surface area contributed by atoms with Gasteiger partial charge in [-0.3, -0.25) is 4.79 Å². The summed E-state index contributed by atoms with van der Waals surface area (Å²) in [5.74, 6) is 0.0688. The summed E-state index contributed by atoms with van der Waals surface area (Å²) in [6, 6.07) is 0.599. The smallest absolute Gasteiger partial charge is 0.234 e. The maximum atomic E-state index is 11.5. The highest BCUT2D eigenvalue weighted by atomic mass is 16.5. The standard InChI is InChI=1S/C12H24N2O2/c1-9(2)14-11(15)8-13-10-5-6-16-12(3,4)7-10/h9-10,13H,5-8H2,1-4H3,(H,14,15). The number of carbonyl (C=O) groups excluding carboxylic acids is 1. The molecule has 1 rings (SSSR count). The Morgan fingerprint density at radius 1 is 1.50 bits per heavy atom. The minimum Gasteiger partial charge on any atom is -0.375 e. The second kappa shape index (κ2) is 5.64. The molecule has 0 aliphatic carbocycles. The van der Waals surface area contributed by atoms with Crippen LogP contribution in [0.5, 0.6) is 0 Å². The summed E-state index contributed by atoms with van der Waals surface area (Å²) >= 11 is 0. The molecule has 0 aromatic carbocycles. The van der Waals surface area contributed by atoms with E-state index in [0.29, 0.717) is 12.6 Å². The van der Waals surface area contributed by atoms with Gasteiger partial charge in [-0.05, 0) is 40.5 Å². The molecule has 0 spiro atoms. The van der Waals surface area contributed by atoms with Crippen LogP contribution < -0.4 is 10.6 Å². The summed E-state index contributed by atoms with van der Waals surface area (Å²) in [7, 11) is 0. The van der Waals surface area contributed by atoms with E-state index in [1.807, 2.05) is 13.8 Å². The van der Waals surface area contributed by atoms with Gasteiger partial charge < -0.3 is 15.4 Å². The Balaban J connectivity index is 2.24. The summed E-state index contributed by atoms with van der Waals surface area (Å²) in [6.45, 7) is 9.30. The van der Waals surface area contributed by atoms with Crippen LogP contribution >= 0.6 is 0 Å². The molecule has 1 unspecified atom stereocenters. The zero-order valence-corrected chi connectivity index (χ0v) is 10.8. The van der Waals surface area contributed by atoms with Gasteiger partial charge in [0.25, 0.3) is 0 Å². The van der Waals surface area contributed by atoms with Crippen LogP contribution in [0.25, 0.3) is 0 Å². The summed E-state index contributed by atoms with van der Waals surface area (Å²) in [6.07, 6.45) is 1.94. The van der Waals surface area contributed by atoms with Crippen LogP contribution in [0.1, 0.15) is 40.5 Å². The molecule has 1 heterocycles. The van der Waals surface area contributed by atoms with Gasteiger partial charge in [0.1, 0.15) is 0 Å². The van der Waals surface area contributed by atoms with Crippen molar-refractivity contribution in [2.75, 3.05) is 13.2 Å². The van der Waals surface area contributed by atoms with Crippen molar-refractivity contribution in [3.63, 3.8) is 0 Å². The summed E-state index contributed by atoms with van der Waals surface area (Å²) in [5, 5.41) is 6.16. The molecular formula is C12H24N2O2. The van der Waals surface area contributed by atoms with Gasteiger partial charge in [-0.25, -0.2) is 0 Å². The lowest BCUT2D eigenvalue weighted by atomic mass is 9.94. The van der Waals surface area contributed by atoms with Gasteiger partial charge in [-0.15, -0.1) is 0 Å². The quantitative estimate of drug-likeness (QED) is 0.756. The molecule has 1 aliphatic heterocycles. The fraction of sp³-hybridized carbons (Fsp3) is 0.917. The first kappa shape index (κ1) is 13.5. The number of hydrogen-bond acceptors (Lipinski definition) is 3. The lowest BCUT2D eigenvalue weighted by Crippen LogP contribution is -2.47. The molecule has 1 fully saturated rings. The third kappa shape index (κ3) is 4.94. The van der Waals surface area contributed by atoms with Gasteiger partial charge in [-0.2, -0.15) is 0 Å². The van der Waals surface area contributed by atoms with Crippen molar-refractivity contribution in [1.82, 2.24) is 10.6 Å². The Bertz CT molecular complexity index is 239. The Kier molecular flexibility index (Phi) is 4.74. The Morgan fingerprint density at radius 3 is 2.75 bits per heavy atom. The van der Waals surface area contributed by atoms with E-state index >= 15 is 0 Å². The maximum absolute atomic E-state index is 11.5. The minimum atomic E-state index is -0.0650. The average Bonchev–Trinajstić information content (AvgIpc) is 2.12. The second-order valence-corrected chi connectivity index (χ2v) is 5.40. The molecule has 1 amide bonds. The predicted octanol–water partition coefficient (Wildman–Crippen LogP) is 1.06. The number of rotatable bonds is 4. The zero-order valence-electron chi connectivity index (χ0n) is 10.8. The molecular weight excluding hydrogens is 204 g/mol. The molecule has 0 radical (unpaired) electrons. The van der Waals surface area contributed by atoms with Gasteiger partial charge in [0.15, 0.2) is 0 Å². The fourth-order valence-electron chi connectivity index (χ4n) is 2.02. The van der Waals surface area contributed by atoms with Crippen molar-refractivity contribution < 1.29 is 9.53 Å². The molecule has 94 valence electrons. The van der Waals surface area contributed by atoms with Gasteiger partial charge in [0.2, 0.25) is 5.91 Å². The third-order valence-electron chi connectivity index (χ3n) is 2.70. The van der Waals surface area contributed by atoms with Crippen LogP contribution in [0.2, 0.25) is 0 Å². The average molecular weight is 228 g/mol. The number of carbonyl (C=O) groups is 1. The van der Waals surface area contributed by atoms with Gasteiger partial charge in [0.05, 0.1) is 12.1 Å². The van der Waals surface area contributed by atoms with Crippen LogP contribution in [-0.4, -0.2) is 36.7 Å². The van der Waals surface area contributed by atoms with Crippen molar-refractivity contribution >= 4 is 5.91 Å². The molecule has 1 aliphatic rings. The highest BCUT2D eigenvalue weighted by Gasteiger charge is 2.28. The van der Waals surface area contributed by atoms with Crippen LogP contribution in [0.4, 0.5) is 0 Å². The van der Waals surface area contributed by atoms with Gasteiger partial charge in [-0.1, -0.05) is 0 Å². The first-order valence-corrected chi connectivity index (χ1v) is 6.06. The van der Waals surface area contributed by atoms with E-state index < -0.39 is 0 Å². The molecule has 2 N–H and O–H groups in total. The Hall–Kier alpha value is -0.610. The molecule has 4 nitrogen and oxygen atoms in total. The van der Waals surface area contributed by atoms with Crippen molar-refractivity contribution in [2.45, 2.75) is 58.2 Å². The fourth-order valence-corrected chi connectivity index (χ4v) is 2.02. The van der Waals surface area contributed by atoms with E-state index in [4.69, 9.17) is 4.74 Å². The van der Waals surface area contributed by atoms with Crippen LogP contribution in [0.3, 0.4) is 0 Å². The van der Waals surface area contributed by atoms with Crippen LogP contribution in [-0.2, 0) is 9.53 Å². The largest absolute Gasteiger partial charge is 0.375 e. The van der Waals surface area contributed by atoms with Crippen molar-refractivity contribution in [1.29, 1.82) is 0 Å². The lowest BCUT2D eigenvalue weighted by molar-refractivity contribution is -0.121.